The SMILES string of the molecule is O=C(Cl)O[C@@H]1[C@H]2OC(=O)N(C3CCCCC3)[C@@H]2[C@H]2C[Se][C@@H]1O2. The molecule has 3 aliphatic heterocycles. The molecule has 0 aromatic rings. The van der Waals surface area contributed by atoms with Crippen LogP contribution in [0.4, 0.5) is 9.59 Å². The molecule has 0 spiro atoms. The molecule has 8 heteroatoms. The van der Waals surface area contributed by atoms with Gasteiger partial charge in [0.25, 0.3) is 0 Å². The number of carbonyl (C=O) groups is 2. The first-order valence-electron chi connectivity index (χ1n) is 7.77. The number of amides is 1. The molecule has 3 saturated heterocycles. The zero-order valence-electron chi connectivity index (χ0n) is 12.0. The standard InChI is InChI=1S/C14H18ClNO5Se/c15-13(17)20-11-10-9(8-6-22-12(11)19-8)16(14(18)21-10)7-4-2-1-3-5-7/h7-12H,1-6H2/t8-,9-,10+,11-,12+/m1/s1. The number of halogens is 1. The Kier molecular flexibility index (Phi) is 4.01. The van der Waals surface area contributed by atoms with Crippen LogP contribution in [0.25, 0.3) is 0 Å². The fourth-order valence-electron chi connectivity index (χ4n) is 4.11. The molecule has 5 atom stereocenters. The predicted molar refractivity (Wildman–Crippen MR) is 78.1 cm³/mol. The van der Waals surface area contributed by atoms with Crippen LogP contribution in [0.15, 0.2) is 0 Å². The number of hydrogen-bond acceptors (Lipinski definition) is 5. The van der Waals surface area contributed by atoms with E-state index in [1.165, 1.54) is 6.42 Å². The molecule has 2 bridgehead atoms. The third kappa shape index (κ3) is 2.42. The number of hydrogen-bond donors (Lipinski definition) is 0. The molecule has 1 saturated carbocycles. The van der Waals surface area contributed by atoms with Gasteiger partial charge in [-0.1, -0.05) is 0 Å². The van der Waals surface area contributed by atoms with Gasteiger partial charge >= 0.3 is 140 Å². The predicted octanol–water partition coefficient (Wildman–Crippen LogP) is 2.11. The summed E-state index contributed by atoms with van der Waals surface area (Å²) >= 11 is 5.61. The zero-order valence-corrected chi connectivity index (χ0v) is 14.5. The van der Waals surface area contributed by atoms with Gasteiger partial charge in [-0.25, -0.2) is 0 Å². The maximum atomic E-state index is 12.4. The van der Waals surface area contributed by atoms with Crippen molar-refractivity contribution >= 4 is 38.1 Å². The molecule has 4 aliphatic rings. The summed E-state index contributed by atoms with van der Waals surface area (Å²) in [5.41, 5.74) is -0.860. The van der Waals surface area contributed by atoms with E-state index in [0.29, 0.717) is 0 Å². The van der Waals surface area contributed by atoms with Gasteiger partial charge in [0.05, 0.1) is 0 Å². The first-order chi connectivity index (χ1) is 10.6. The molecule has 0 aromatic carbocycles. The van der Waals surface area contributed by atoms with E-state index in [0.717, 1.165) is 31.0 Å². The Labute approximate surface area is 139 Å². The van der Waals surface area contributed by atoms with Gasteiger partial charge in [0.2, 0.25) is 0 Å². The van der Waals surface area contributed by atoms with Crippen molar-refractivity contribution in [2.75, 3.05) is 0 Å². The number of rotatable bonds is 2. The molecule has 6 nitrogen and oxygen atoms in total. The molecule has 4 rings (SSSR count). The minimum atomic E-state index is -0.860. The van der Waals surface area contributed by atoms with Crippen molar-refractivity contribution in [2.45, 2.75) is 72.8 Å². The molecule has 0 unspecified atom stereocenters. The van der Waals surface area contributed by atoms with Crippen LogP contribution in [-0.4, -0.2) is 66.8 Å². The van der Waals surface area contributed by atoms with E-state index in [2.05, 4.69) is 0 Å². The van der Waals surface area contributed by atoms with Crippen LogP contribution in [0.2, 0.25) is 5.32 Å². The van der Waals surface area contributed by atoms with Crippen molar-refractivity contribution < 1.29 is 23.8 Å². The number of ether oxygens (including phenoxy) is 3. The number of nitrogens with zero attached hydrogens (tertiary/aromatic N) is 1. The van der Waals surface area contributed by atoms with E-state index in [1.54, 1.807) is 0 Å². The van der Waals surface area contributed by atoms with Crippen molar-refractivity contribution in [3.8, 4) is 0 Å². The van der Waals surface area contributed by atoms with Gasteiger partial charge in [-0.2, -0.15) is 0 Å². The fraction of sp³-hybridized carbons (Fsp3) is 0.857. The second kappa shape index (κ2) is 5.86. The molecule has 22 heavy (non-hydrogen) atoms. The van der Waals surface area contributed by atoms with Gasteiger partial charge in [-0.15, -0.1) is 0 Å². The third-order valence-corrected chi connectivity index (χ3v) is 7.68. The average molecular weight is 395 g/mol. The van der Waals surface area contributed by atoms with Gasteiger partial charge in [0.15, 0.2) is 0 Å². The summed E-state index contributed by atoms with van der Waals surface area (Å²) in [7, 11) is 0. The number of carbonyl (C=O) groups excluding carboxylic acids is 2. The van der Waals surface area contributed by atoms with Crippen molar-refractivity contribution in [2.24, 2.45) is 0 Å². The van der Waals surface area contributed by atoms with Crippen molar-refractivity contribution in [3.63, 3.8) is 0 Å². The van der Waals surface area contributed by atoms with Crippen LogP contribution < -0.4 is 0 Å². The molecule has 1 amide bonds. The maximum absolute atomic E-state index is 12.4. The monoisotopic (exact) mass is 395 g/mol. The first-order valence-corrected chi connectivity index (χ1v) is 10.3. The summed E-state index contributed by atoms with van der Waals surface area (Å²) in [6.07, 6.45) is 4.25. The second-order valence-electron chi connectivity index (χ2n) is 6.23. The molecular weight excluding hydrogens is 377 g/mol. The van der Waals surface area contributed by atoms with E-state index >= 15 is 0 Å². The fourth-order valence-corrected chi connectivity index (χ4v) is 6.89. The van der Waals surface area contributed by atoms with Crippen LogP contribution in [-0.2, 0) is 14.2 Å². The Morgan fingerprint density at radius 3 is 2.82 bits per heavy atom. The summed E-state index contributed by atoms with van der Waals surface area (Å²) in [6.45, 7) is 0. The normalized spacial score (nSPS) is 41.2. The molecule has 3 heterocycles. The summed E-state index contributed by atoms with van der Waals surface area (Å²) in [5.74, 6) is 0. The van der Waals surface area contributed by atoms with Gasteiger partial charge in [0, 0.05) is 0 Å². The Hall–Kier alpha value is -0.491. The summed E-state index contributed by atoms with van der Waals surface area (Å²) in [6, 6.07) is 0.0779. The third-order valence-electron chi connectivity index (χ3n) is 5.01. The van der Waals surface area contributed by atoms with Crippen LogP contribution in [0.5, 0.6) is 0 Å². The van der Waals surface area contributed by atoms with E-state index in [9.17, 15) is 9.59 Å². The van der Waals surface area contributed by atoms with Gasteiger partial charge in [-0.3, -0.25) is 0 Å². The molecule has 4 fully saturated rings. The number of fused-ring (bicyclic) bond motifs is 4. The molecule has 0 radical (unpaired) electrons. The Morgan fingerprint density at radius 1 is 1.32 bits per heavy atom. The molecule has 0 aromatic heterocycles. The Bertz CT molecular complexity index is 486. The summed E-state index contributed by atoms with van der Waals surface area (Å²) in [5, 5.41) is 0.773. The quantitative estimate of drug-likeness (QED) is 0.530. The van der Waals surface area contributed by atoms with Gasteiger partial charge in [0.1, 0.15) is 0 Å². The zero-order chi connectivity index (χ0) is 15.3. The van der Waals surface area contributed by atoms with E-state index < -0.39 is 17.6 Å². The molecule has 1 aliphatic carbocycles. The van der Waals surface area contributed by atoms with Crippen LogP contribution in [0.3, 0.4) is 0 Å². The summed E-state index contributed by atoms with van der Waals surface area (Å²) < 4.78 is 16.9. The first kappa shape index (κ1) is 15.1. The summed E-state index contributed by atoms with van der Waals surface area (Å²) in [4.78, 5) is 25.5. The van der Waals surface area contributed by atoms with Crippen molar-refractivity contribution in [1.29, 1.82) is 0 Å². The minimum absolute atomic E-state index is 0.00801. The van der Waals surface area contributed by atoms with E-state index in [-0.39, 0.29) is 44.2 Å². The van der Waals surface area contributed by atoms with E-state index in [1.807, 2.05) is 4.90 Å². The van der Waals surface area contributed by atoms with Crippen LogP contribution in [0, 0.1) is 0 Å². The van der Waals surface area contributed by atoms with Crippen LogP contribution in [0.1, 0.15) is 32.1 Å². The molecule has 0 N–H and O–H groups in total. The molecule has 122 valence electrons. The van der Waals surface area contributed by atoms with Crippen molar-refractivity contribution in [3.05, 3.63) is 0 Å². The van der Waals surface area contributed by atoms with Crippen molar-refractivity contribution in [1.82, 2.24) is 4.90 Å². The topological polar surface area (TPSA) is 65.1 Å². The average Bonchev–Trinajstić information content (AvgIpc) is 3.07. The van der Waals surface area contributed by atoms with Gasteiger partial charge < -0.3 is 0 Å². The molecular formula is C14H18ClNO5Se. The van der Waals surface area contributed by atoms with Gasteiger partial charge in [-0.05, 0) is 0 Å². The second-order valence-corrected chi connectivity index (χ2v) is 8.92. The Balaban J connectivity index is 1.61. The van der Waals surface area contributed by atoms with Crippen LogP contribution >= 0.6 is 11.6 Å². The van der Waals surface area contributed by atoms with E-state index in [4.69, 9.17) is 25.8 Å². The Morgan fingerprint density at radius 2 is 2.09 bits per heavy atom.